The number of hydrogen-bond donors (Lipinski definition) is 0. The molecule has 162 valence electrons. The van der Waals surface area contributed by atoms with Crippen LogP contribution in [0.15, 0.2) is 0 Å². The highest BCUT2D eigenvalue weighted by Crippen LogP contribution is 2.58. The van der Waals surface area contributed by atoms with E-state index in [4.69, 9.17) is 0 Å². The minimum absolute atomic E-state index is 0.0312. The van der Waals surface area contributed by atoms with Gasteiger partial charge in [0.2, 0.25) is 0 Å². The summed E-state index contributed by atoms with van der Waals surface area (Å²) in [4.78, 5) is 11.9. The second-order valence-electron chi connectivity index (χ2n) is 5.79. The van der Waals surface area contributed by atoms with Crippen LogP contribution in [0, 0.1) is 0 Å². The first-order valence-corrected chi connectivity index (χ1v) is 8.18. The van der Waals surface area contributed by atoms with Gasteiger partial charge in [0, 0.05) is 13.1 Å². The number of rotatable bonds is 11. The third kappa shape index (κ3) is 4.73. The molecule has 0 rings (SSSR count). The molecule has 0 unspecified atom stereocenters. The highest BCUT2D eigenvalue weighted by Gasteiger charge is 2.87. The van der Waals surface area contributed by atoms with Crippen molar-refractivity contribution in [2.24, 2.45) is 0 Å². The fraction of sp³-hybridized carbons (Fsp3) is 0.929. The average molecular weight is 442 g/mol. The molecule has 0 atom stereocenters. The predicted molar refractivity (Wildman–Crippen MR) is 77.0 cm³/mol. The Morgan fingerprint density at radius 2 is 1.11 bits per heavy atom. The number of unbranched alkanes of at least 4 members (excludes halogenated alkanes) is 2. The molecule has 2 nitrogen and oxygen atoms in total. The van der Waals surface area contributed by atoms with Crippen molar-refractivity contribution in [3.05, 3.63) is 0 Å². The van der Waals surface area contributed by atoms with Gasteiger partial charge in [0.15, 0.2) is 0 Å². The van der Waals surface area contributed by atoms with Gasteiger partial charge in [-0.05, 0) is 24.4 Å². The van der Waals surface area contributed by atoms with Gasteiger partial charge in [-0.3, -0.25) is 4.79 Å². The van der Waals surface area contributed by atoms with Gasteiger partial charge in [-0.1, -0.05) is 26.7 Å². The number of hydrogen-bond acceptors (Lipinski definition) is 1. The van der Waals surface area contributed by atoms with Crippen LogP contribution in [0.25, 0.3) is 0 Å². The Kier molecular flexibility index (Phi) is 8.31. The van der Waals surface area contributed by atoms with Crippen LogP contribution in [-0.4, -0.2) is 53.0 Å². The lowest BCUT2D eigenvalue weighted by atomic mass is 9.97. The fourth-order valence-electron chi connectivity index (χ4n) is 1.92. The van der Waals surface area contributed by atoms with Crippen LogP contribution in [0.4, 0.5) is 43.9 Å². The van der Waals surface area contributed by atoms with Gasteiger partial charge in [-0.25, -0.2) is 0 Å². The molecule has 27 heavy (non-hydrogen) atoms. The van der Waals surface area contributed by atoms with Gasteiger partial charge in [0.1, 0.15) is 0 Å². The number of carbonyl (C=O) groups excluding carboxylic acids is 1. The third-order valence-corrected chi connectivity index (χ3v) is 3.90. The van der Waals surface area contributed by atoms with Gasteiger partial charge in [0.05, 0.1) is 0 Å². The Bertz CT molecular complexity index is 499. The van der Waals surface area contributed by atoms with Crippen molar-refractivity contribution in [3.63, 3.8) is 0 Å². The fourth-order valence-corrected chi connectivity index (χ4v) is 2.04. The summed E-state index contributed by atoms with van der Waals surface area (Å²) in [7, 11) is 0. The van der Waals surface area contributed by atoms with E-state index in [-0.39, 0.29) is 17.7 Å². The zero-order chi connectivity index (χ0) is 21.9. The number of nitrogens with zero attached hydrogens (tertiary/aromatic N) is 1. The van der Waals surface area contributed by atoms with Crippen LogP contribution in [0.1, 0.15) is 39.5 Å². The molecular weight excluding hydrogens is 424 g/mol. The molecule has 0 spiro atoms. The van der Waals surface area contributed by atoms with Crippen molar-refractivity contribution in [2.75, 3.05) is 13.1 Å². The van der Waals surface area contributed by atoms with Crippen LogP contribution in [0.5, 0.6) is 0 Å². The number of halogens is 11. The van der Waals surface area contributed by atoms with Gasteiger partial charge in [-0.15, -0.1) is 0 Å². The molecule has 0 bridgehead atoms. The molecule has 0 radical (unpaired) electrons. The summed E-state index contributed by atoms with van der Waals surface area (Å²) >= 11 is 3.71. The van der Waals surface area contributed by atoms with Crippen LogP contribution in [0.3, 0.4) is 0 Å². The lowest BCUT2D eigenvalue weighted by molar-refractivity contribution is -0.383. The Morgan fingerprint density at radius 3 is 1.41 bits per heavy atom. The first-order chi connectivity index (χ1) is 11.9. The maximum absolute atomic E-state index is 13.9. The topological polar surface area (TPSA) is 20.3 Å². The molecule has 0 aliphatic carbocycles. The molecule has 0 aromatic carbocycles. The van der Waals surface area contributed by atoms with Crippen molar-refractivity contribution in [3.8, 4) is 0 Å². The SMILES string of the molecule is CCCCN(CCCC)C(=O)C(F)(F)C(F)(F)C(F)(F)C(F)(F)C(F)(F)Cl. The van der Waals surface area contributed by atoms with E-state index < -0.39 is 48.1 Å². The molecule has 0 saturated heterocycles. The lowest BCUT2D eigenvalue weighted by Crippen LogP contribution is -2.69. The molecule has 0 N–H and O–H groups in total. The van der Waals surface area contributed by atoms with Crippen LogP contribution in [-0.2, 0) is 4.79 Å². The summed E-state index contributed by atoms with van der Waals surface area (Å²) in [5.74, 6) is -30.8. The van der Waals surface area contributed by atoms with Gasteiger partial charge in [-0.2, -0.15) is 43.9 Å². The van der Waals surface area contributed by atoms with Crippen molar-refractivity contribution in [2.45, 2.75) is 68.6 Å². The largest absolute Gasteiger partial charge is 0.393 e. The van der Waals surface area contributed by atoms with E-state index in [0.717, 1.165) is 0 Å². The maximum Gasteiger partial charge on any atom is 0.393 e. The van der Waals surface area contributed by atoms with Crippen molar-refractivity contribution in [1.29, 1.82) is 0 Å². The van der Waals surface area contributed by atoms with Gasteiger partial charge in [0.25, 0.3) is 5.91 Å². The normalized spacial score (nSPS) is 14.4. The molecule has 0 aromatic heterocycles. The zero-order valence-electron chi connectivity index (χ0n) is 14.3. The minimum Gasteiger partial charge on any atom is -0.337 e. The second kappa shape index (κ2) is 8.60. The summed E-state index contributed by atoms with van der Waals surface area (Å²) in [6.07, 6.45) is 0.682. The monoisotopic (exact) mass is 441 g/mol. The first-order valence-electron chi connectivity index (χ1n) is 7.80. The summed E-state index contributed by atoms with van der Waals surface area (Å²) in [6.45, 7) is 2.03. The summed E-state index contributed by atoms with van der Waals surface area (Å²) in [6, 6.07) is 0. The van der Waals surface area contributed by atoms with E-state index in [9.17, 15) is 48.7 Å². The molecule has 1 amide bonds. The van der Waals surface area contributed by atoms with E-state index in [1.54, 1.807) is 13.8 Å². The van der Waals surface area contributed by atoms with Crippen molar-refractivity contribution < 1.29 is 48.7 Å². The van der Waals surface area contributed by atoms with E-state index >= 15 is 0 Å². The quantitative estimate of drug-likeness (QED) is 0.294. The molecular formula is C14H18ClF10NO. The minimum atomic E-state index is -7.33. The molecule has 0 aliphatic rings. The molecule has 13 heteroatoms. The first kappa shape index (κ1) is 26.1. The average Bonchev–Trinajstić information content (AvgIpc) is 2.52. The Morgan fingerprint density at radius 1 is 0.741 bits per heavy atom. The highest BCUT2D eigenvalue weighted by atomic mass is 35.5. The summed E-state index contributed by atoms with van der Waals surface area (Å²) in [5.41, 5.74) is 0. The van der Waals surface area contributed by atoms with Gasteiger partial charge < -0.3 is 4.90 Å². The standard InChI is InChI=1S/C14H18ClF10NO/c1-3-5-7-26(8-6-4-2)9(27)10(16,17)11(18,19)12(20,21)13(22,23)14(15,24)25/h3-8H2,1-2H3. The lowest BCUT2D eigenvalue weighted by Gasteiger charge is -2.38. The second-order valence-corrected chi connectivity index (χ2v) is 6.27. The Balaban J connectivity index is 6.01. The number of carbonyl (C=O) groups is 1. The smallest absolute Gasteiger partial charge is 0.337 e. The number of alkyl halides is 11. The van der Waals surface area contributed by atoms with Crippen LogP contribution < -0.4 is 0 Å². The van der Waals surface area contributed by atoms with E-state index in [0.29, 0.717) is 12.8 Å². The third-order valence-electron chi connectivity index (χ3n) is 3.66. The highest BCUT2D eigenvalue weighted by molar-refractivity contribution is 6.22. The van der Waals surface area contributed by atoms with Crippen LogP contribution in [0.2, 0.25) is 0 Å². The van der Waals surface area contributed by atoms with Crippen molar-refractivity contribution >= 4 is 17.5 Å². The molecule has 0 saturated carbocycles. The van der Waals surface area contributed by atoms with Gasteiger partial charge >= 0.3 is 29.1 Å². The molecule has 0 aromatic rings. The van der Waals surface area contributed by atoms with E-state index in [1.807, 2.05) is 0 Å². The zero-order valence-corrected chi connectivity index (χ0v) is 15.0. The molecule has 0 aliphatic heterocycles. The molecule has 0 fully saturated rings. The van der Waals surface area contributed by atoms with E-state index in [1.165, 1.54) is 0 Å². The Hall–Kier alpha value is -0.940. The van der Waals surface area contributed by atoms with Crippen LogP contribution >= 0.6 is 11.6 Å². The Labute approximate surface area is 153 Å². The van der Waals surface area contributed by atoms with Crippen molar-refractivity contribution in [1.82, 2.24) is 4.90 Å². The summed E-state index contributed by atoms with van der Waals surface area (Å²) < 4.78 is 133. The number of amides is 1. The van der Waals surface area contributed by atoms with E-state index in [2.05, 4.69) is 11.6 Å². The molecule has 0 heterocycles. The summed E-state index contributed by atoms with van der Waals surface area (Å²) in [5, 5.41) is -6.27. The maximum atomic E-state index is 13.9. The predicted octanol–water partition coefficient (Wildman–Crippen LogP) is 5.79.